The van der Waals surface area contributed by atoms with E-state index in [2.05, 4.69) is 5.32 Å². The number of halogens is 2. The number of carbonyl (C=O) groups is 1. The summed E-state index contributed by atoms with van der Waals surface area (Å²) in [4.78, 5) is 11.9. The highest BCUT2D eigenvalue weighted by Crippen LogP contribution is 2.36. The van der Waals surface area contributed by atoms with Crippen LogP contribution in [0.4, 0.5) is 11.4 Å². The van der Waals surface area contributed by atoms with E-state index < -0.39 is 0 Å². The van der Waals surface area contributed by atoms with Crippen LogP contribution in [0.1, 0.15) is 15.9 Å². The fourth-order valence-corrected chi connectivity index (χ4v) is 2.65. The van der Waals surface area contributed by atoms with Crippen LogP contribution in [0, 0.1) is 6.92 Å². The minimum atomic E-state index is -0.00648. The highest BCUT2D eigenvalue weighted by Gasteiger charge is 2.13. The van der Waals surface area contributed by atoms with Crippen LogP contribution in [0.15, 0.2) is 36.4 Å². The van der Waals surface area contributed by atoms with Gasteiger partial charge in [-0.2, -0.15) is 0 Å². The van der Waals surface area contributed by atoms with E-state index in [1.165, 1.54) is 11.8 Å². The van der Waals surface area contributed by atoms with Crippen molar-refractivity contribution in [1.82, 2.24) is 0 Å². The lowest BCUT2D eigenvalue weighted by molar-refractivity contribution is 0.109. The Morgan fingerprint density at radius 2 is 1.85 bits per heavy atom. The second kappa shape index (κ2) is 6.53. The monoisotopic (exact) mass is 325 g/mol. The Morgan fingerprint density at radius 1 is 1.15 bits per heavy atom. The molecule has 0 unspecified atom stereocenters. The normalized spacial score (nSPS) is 10.4. The van der Waals surface area contributed by atoms with Gasteiger partial charge in [-0.15, -0.1) is 0 Å². The van der Waals surface area contributed by atoms with Crippen molar-refractivity contribution in [1.29, 1.82) is 0 Å². The van der Waals surface area contributed by atoms with Gasteiger partial charge in [-0.1, -0.05) is 53.2 Å². The summed E-state index contributed by atoms with van der Waals surface area (Å²) in [6.45, 7) is 1.91. The molecule has 2 rings (SSSR count). The fourth-order valence-electron chi connectivity index (χ4n) is 1.79. The van der Waals surface area contributed by atoms with E-state index in [1.54, 1.807) is 18.4 Å². The van der Waals surface area contributed by atoms with Gasteiger partial charge in [0.05, 0.1) is 27.0 Å². The van der Waals surface area contributed by atoms with E-state index >= 15 is 0 Å². The fraction of sp³-hybridized carbons (Fsp3) is 0.133. The first-order valence-corrected chi connectivity index (χ1v) is 7.91. The van der Waals surface area contributed by atoms with Gasteiger partial charge in [-0.3, -0.25) is 4.79 Å². The number of aryl methyl sites for hydroxylation is 1. The maximum Gasteiger partial charge on any atom is 0.221 e. The highest BCUT2D eigenvalue weighted by atomic mass is 35.5. The van der Waals surface area contributed by atoms with Crippen LogP contribution in [0.2, 0.25) is 10.0 Å². The first-order chi connectivity index (χ1) is 9.54. The lowest BCUT2D eigenvalue weighted by Gasteiger charge is -2.14. The molecule has 0 fully saturated rings. The summed E-state index contributed by atoms with van der Waals surface area (Å²) in [7, 11) is 0. The Bertz CT molecular complexity index is 658. The highest BCUT2D eigenvalue weighted by molar-refractivity contribution is 8.13. The average molecular weight is 326 g/mol. The molecule has 0 saturated carbocycles. The van der Waals surface area contributed by atoms with Crippen LogP contribution in [0.5, 0.6) is 0 Å². The average Bonchev–Trinajstić information content (AvgIpc) is 2.47. The van der Waals surface area contributed by atoms with Crippen LogP contribution in [-0.2, 0) is 0 Å². The van der Waals surface area contributed by atoms with Crippen molar-refractivity contribution in [2.75, 3.05) is 11.6 Å². The second-order valence-electron chi connectivity index (χ2n) is 4.22. The van der Waals surface area contributed by atoms with Crippen molar-refractivity contribution in [3.8, 4) is 0 Å². The van der Waals surface area contributed by atoms with E-state index in [1.807, 2.05) is 31.2 Å². The number of hydrogen-bond acceptors (Lipinski definition) is 3. The van der Waals surface area contributed by atoms with Gasteiger partial charge in [0.1, 0.15) is 0 Å². The zero-order chi connectivity index (χ0) is 14.7. The molecule has 0 radical (unpaired) electrons. The first-order valence-electron chi connectivity index (χ1n) is 5.93. The van der Waals surface area contributed by atoms with E-state index in [0.29, 0.717) is 27.0 Å². The second-order valence-corrected chi connectivity index (χ2v) is 5.78. The lowest BCUT2D eigenvalue weighted by Crippen LogP contribution is -2.01. The summed E-state index contributed by atoms with van der Waals surface area (Å²) in [6.07, 6.45) is 1.76. The van der Waals surface area contributed by atoms with Gasteiger partial charge in [0.25, 0.3) is 0 Å². The van der Waals surface area contributed by atoms with Gasteiger partial charge in [-0.05, 0) is 36.9 Å². The molecule has 2 aromatic carbocycles. The number of nitrogens with one attached hydrogen (secondary N) is 1. The maximum atomic E-state index is 11.9. The lowest BCUT2D eigenvalue weighted by atomic mass is 10.1. The van der Waals surface area contributed by atoms with E-state index in [9.17, 15) is 4.79 Å². The number of anilines is 2. The number of carbonyl (C=O) groups excluding carboxylic acids is 1. The quantitative estimate of drug-likeness (QED) is 0.802. The summed E-state index contributed by atoms with van der Waals surface area (Å²) >= 11 is 13.6. The maximum absolute atomic E-state index is 11.9. The molecule has 1 N–H and O–H groups in total. The predicted molar refractivity (Wildman–Crippen MR) is 88.8 cm³/mol. The van der Waals surface area contributed by atoms with Crippen molar-refractivity contribution in [2.45, 2.75) is 6.92 Å². The molecule has 20 heavy (non-hydrogen) atoms. The molecule has 2 aromatic rings. The van der Waals surface area contributed by atoms with E-state index in [0.717, 1.165) is 5.56 Å². The number of para-hydroxylation sites is 1. The molecular formula is C15H13Cl2NOS. The molecule has 0 aliphatic carbocycles. The van der Waals surface area contributed by atoms with Crippen molar-refractivity contribution in [3.05, 3.63) is 57.6 Å². The van der Waals surface area contributed by atoms with Gasteiger partial charge in [-0.25, -0.2) is 0 Å². The summed E-state index contributed by atoms with van der Waals surface area (Å²) in [6, 6.07) is 10.9. The van der Waals surface area contributed by atoms with Crippen molar-refractivity contribution >= 4 is 51.5 Å². The molecule has 0 atom stereocenters. The van der Waals surface area contributed by atoms with E-state index in [4.69, 9.17) is 23.2 Å². The summed E-state index contributed by atoms with van der Waals surface area (Å²) in [5, 5.41) is 4.24. The van der Waals surface area contributed by atoms with Gasteiger partial charge in [0.2, 0.25) is 5.12 Å². The molecular weight excluding hydrogens is 313 g/mol. The number of rotatable bonds is 3. The van der Waals surface area contributed by atoms with Gasteiger partial charge >= 0.3 is 0 Å². The third-order valence-corrected chi connectivity index (χ3v) is 4.27. The minimum absolute atomic E-state index is 0.00648. The molecule has 0 saturated heterocycles. The molecule has 5 heteroatoms. The van der Waals surface area contributed by atoms with Gasteiger partial charge in [0.15, 0.2) is 0 Å². The Kier molecular flexibility index (Phi) is 4.97. The molecule has 0 heterocycles. The van der Waals surface area contributed by atoms with Crippen LogP contribution >= 0.6 is 35.0 Å². The summed E-state index contributed by atoms with van der Waals surface area (Å²) < 4.78 is 0. The van der Waals surface area contributed by atoms with E-state index in [-0.39, 0.29) is 5.12 Å². The first kappa shape index (κ1) is 15.2. The molecule has 0 amide bonds. The molecule has 0 aromatic heterocycles. The molecule has 104 valence electrons. The molecule has 0 spiro atoms. The Balaban J connectivity index is 2.46. The summed E-state index contributed by atoms with van der Waals surface area (Å²) in [5.74, 6) is 0. The number of benzene rings is 2. The van der Waals surface area contributed by atoms with Crippen LogP contribution < -0.4 is 5.32 Å². The zero-order valence-corrected chi connectivity index (χ0v) is 13.4. The zero-order valence-electron chi connectivity index (χ0n) is 11.0. The molecule has 0 aliphatic rings. The van der Waals surface area contributed by atoms with Crippen LogP contribution in [-0.4, -0.2) is 11.4 Å². The SMILES string of the molecule is CSC(=O)c1ccccc1Nc1c(Cl)ccc(C)c1Cl. The van der Waals surface area contributed by atoms with Crippen molar-refractivity contribution in [2.24, 2.45) is 0 Å². The largest absolute Gasteiger partial charge is 0.352 e. The van der Waals surface area contributed by atoms with Crippen molar-refractivity contribution < 1.29 is 4.79 Å². The van der Waals surface area contributed by atoms with Gasteiger partial charge in [0, 0.05) is 0 Å². The molecule has 0 bridgehead atoms. The molecule has 0 aliphatic heterocycles. The topological polar surface area (TPSA) is 29.1 Å². The van der Waals surface area contributed by atoms with Crippen LogP contribution in [0.3, 0.4) is 0 Å². The standard InChI is InChI=1S/C15H13Cl2NOS/c1-9-7-8-11(16)14(13(9)17)18-12-6-4-3-5-10(12)15(19)20-2/h3-8,18H,1-2H3. The smallest absolute Gasteiger partial charge is 0.221 e. The number of hydrogen-bond donors (Lipinski definition) is 1. The van der Waals surface area contributed by atoms with Crippen molar-refractivity contribution in [3.63, 3.8) is 0 Å². The predicted octanol–water partition coefficient (Wildman–Crippen LogP) is 5.55. The van der Waals surface area contributed by atoms with Crippen LogP contribution in [0.25, 0.3) is 0 Å². The Hall–Kier alpha value is -1.16. The molecule has 2 nitrogen and oxygen atoms in total. The third kappa shape index (κ3) is 3.11. The minimum Gasteiger partial charge on any atom is -0.352 e. The third-order valence-electron chi connectivity index (χ3n) is 2.88. The summed E-state index contributed by atoms with van der Waals surface area (Å²) in [5.41, 5.74) is 2.84. The number of thioether (sulfide) groups is 1. The Morgan fingerprint density at radius 3 is 2.55 bits per heavy atom. The Labute approximate surface area is 132 Å². The van der Waals surface area contributed by atoms with Gasteiger partial charge < -0.3 is 5.32 Å².